The molecule has 1 heterocycles. The first kappa shape index (κ1) is 17.3. The highest BCUT2D eigenvalue weighted by Gasteiger charge is 2.24. The lowest BCUT2D eigenvalue weighted by Crippen LogP contribution is -2.29. The second-order valence-corrected chi connectivity index (χ2v) is 7.83. The fraction of sp³-hybridized carbons (Fsp3) is 0.333. The summed E-state index contributed by atoms with van der Waals surface area (Å²) in [5, 5.41) is 0.268. The summed E-state index contributed by atoms with van der Waals surface area (Å²) in [7, 11) is -3.74. The molecule has 1 atom stereocenters. The molecule has 1 unspecified atom stereocenters. The minimum absolute atomic E-state index is 0.146. The Balaban J connectivity index is 1.72. The van der Waals surface area contributed by atoms with Gasteiger partial charge in [-0.05, 0) is 42.5 Å². The number of benzene rings is 2. The van der Waals surface area contributed by atoms with Crippen molar-refractivity contribution in [1.29, 1.82) is 0 Å². The van der Waals surface area contributed by atoms with E-state index in [1.807, 2.05) is 30.3 Å². The van der Waals surface area contributed by atoms with Crippen molar-refractivity contribution >= 4 is 21.7 Å². The fourth-order valence-electron chi connectivity index (χ4n) is 2.72. The minimum Gasteiger partial charge on any atom is -0.381 e. The van der Waals surface area contributed by atoms with E-state index in [2.05, 4.69) is 0 Å². The zero-order valence-electron chi connectivity index (χ0n) is 13.2. The molecule has 2 aromatic carbocycles. The predicted octanol–water partition coefficient (Wildman–Crippen LogP) is 4.28. The smallest absolute Gasteiger partial charge is 0.311 e. The summed E-state index contributed by atoms with van der Waals surface area (Å²) in [5.41, 5.74) is 1.91. The van der Waals surface area contributed by atoms with Gasteiger partial charge in [-0.1, -0.05) is 48.0 Å². The Morgan fingerprint density at radius 3 is 2.54 bits per heavy atom. The fourth-order valence-corrected chi connectivity index (χ4v) is 4.19. The molecule has 6 heteroatoms. The molecule has 1 saturated heterocycles. The van der Waals surface area contributed by atoms with E-state index in [0.717, 1.165) is 30.4 Å². The van der Waals surface area contributed by atoms with Crippen LogP contribution in [0.4, 0.5) is 0 Å². The Morgan fingerprint density at radius 2 is 1.88 bits per heavy atom. The van der Waals surface area contributed by atoms with Crippen LogP contribution in [0.3, 0.4) is 0 Å². The van der Waals surface area contributed by atoms with E-state index in [1.54, 1.807) is 18.2 Å². The predicted molar refractivity (Wildman–Crippen MR) is 94.9 cm³/mol. The first-order chi connectivity index (χ1) is 11.5. The minimum atomic E-state index is -3.74. The molecule has 0 spiro atoms. The van der Waals surface area contributed by atoms with E-state index in [0.29, 0.717) is 6.61 Å². The summed E-state index contributed by atoms with van der Waals surface area (Å²) < 4.78 is 35.1. The third-order valence-corrected chi connectivity index (χ3v) is 5.43. The zero-order valence-corrected chi connectivity index (χ0v) is 14.7. The van der Waals surface area contributed by atoms with Crippen LogP contribution in [0.5, 0.6) is 5.75 Å². The van der Waals surface area contributed by atoms with Crippen LogP contribution in [0.15, 0.2) is 48.5 Å². The van der Waals surface area contributed by atoms with Gasteiger partial charge in [-0.25, -0.2) is 0 Å². The van der Waals surface area contributed by atoms with Crippen molar-refractivity contribution in [2.45, 2.75) is 25.4 Å². The second kappa shape index (κ2) is 7.55. The molecule has 0 N–H and O–H groups in total. The summed E-state index contributed by atoms with van der Waals surface area (Å²) in [6.07, 6.45) is 2.39. The van der Waals surface area contributed by atoms with Crippen molar-refractivity contribution < 1.29 is 17.3 Å². The molecule has 0 bridgehead atoms. The Kier molecular flexibility index (Phi) is 5.43. The molecule has 0 amide bonds. The number of hydrogen-bond acceptors (Lipinski definition) is 4. The number of rotatable bonds is 5. The van der Waals surface area contributed by atoms with Crippen molar-refractivity contribution in [1.82, 2.24) is 0 Å². The molecule has 0 saturated carbocycles. The van der Waals surface area contributed by atoms with E-state index in [1.165, 1.54) is 0 Å². The first-order valence-corrected chi connectivity index (χ1v) is 9.88. The maximum atomic E-state index is 12.2. The number of halogens is 1. The van der Waals surface area contributed by atoms with Crippen LogP contribution in [0.1, 0.15) is 19.3 Å². The largest absolute Gasteiger partial charge is 0.381 e. The van der Waals surface area contributed by atoms with Crippen LogP contribution >= 0.6 is 11.6 Å². The highest BCUT2D eigenvalue weighted by atomic mass is 35.5. The first-order valence-electron chi connectivity index (χ1n) is 7.92. The Labute approximate surface area is 147 Å². The molecule has 4 nitrogen and oxygen atoms in total. The van der Waals surface area contributed by atoms with Gasteiger partial charge in [-0.2, -0.15) is 8.42 Å². The van der Waals surface area contributed by atoms with E-state index in [-0.39, 0.29) is 22.6 Å². The highest BCUT2D eigenvalue weighted by Crippen LogP contribution is 2.31. The van der Waals surface area contributed by atoms with E-state index >= 15 is 0 Å². The SMILES string of the molecule is O=S(=O)(CC1CCCCO1)Oc1ccc(-c2ccccc2)cc1Cl. The third-order valence-electron chi connectivity index (χ3n) is 3.92. The Bertz CT molecular complexity index is 784. The summed E-state index contributed by atoms with van der Waals surface area (Å²) in [5.74, 6) is -0.00353. The van der Waals surface area contributed by atoms with Crippen molar-refractivity contribution in [3.63, 3.8) is 0 Å². The van der Waals surface area contributed by atoms with Crippen molar-refractivity contribution in [2.24, 2.45) is 0 Å². The van der Waals surface area contributed by atoms with Gasteiger partial charge in [0.25, 0.3) is 0 Å². The van der Waals surface area contributed by atoms with Gasteiger partial charge >= 0.3 is 10.1 Å². The van der Waals surface area contributed by atoms with Crippen molar-refractivity contribution in [2.75, 3.05) is 12.4 Å². The topological polar surface area (TPSA) is 52.6 Å². The lowest BCUT2D eigenvalue weighted by atomic mass is 10.1. The second-order valence-electron chi connectivity index (χ2n) is 5.81. The summed E-state index contributed by atoms with van der Waals surface area (Å²) in [4.78, 5) is 0. The van der Waals surface area contributed by atoms with E-state index in [9.17, 15) is 8.42 Å². The number of ether oxygens (including phenoxy) is 1. The summed E-state index contributed by atoms with van der Waals surface area (Å²) in [6, 6.07) is 14.8. The number of hydrogen-bond donors (Lipinski definition) is 0. The molecule has 0 aliphatic carbocycles. The van der Waals surface area contributed by atoms with Gasteiger partial charge < -0.3 is 8.92 Å². The van der Waals surface area contributed by atoms with Crippen molar-refractivity contribution in [3.05, 3.63) is 53.6 Å². The Morgan fingerprint density at radius 1 is 1.08 bits per heavy atom. The van der Waals surface area contributed by atoms with Crippen molar-refractivity contribution in [3.8, 4) is 16.9 Å². The normalized spacial score (nSPS) is 18.3. The van der Waals surface area contributed by atoms with Gasteiger partial charge in [0, 0.05) is 6.61 Å². The third kappa shape index (κ3) is 4.50. The maximum absolute atomic E-state index is 12.2. The molecule has 0 aromatic heterocycles. The zero-order chi connectivity index (χ0) is 17.0. The van der Waals surface area contributed by atoms with Crippen LogP contribution in [0.2, 0.25) is 5.02 Å². The van der Waals surface area contributed by atoms with E-state index < -0.39 is 10.1 Å². The van der Waals surface area contributed by atoms with E-state index in [4.69, 9.17) is 20.5 Å². The maximum Gasteiger partial charge on any atom is 0.311 e. The molecule has 1 aliphatic heterocycles. The molecule has 1 fully saturated rings. The lowest BCUT2D eigenvalue weighted by Gasteiger charge is -2.22. The molecule has 2 aromatic rings. The average Bonchev–Trinajstić information content (AvgIpc) is 2.58. The Hall–Kier alpha value is -1.56. The van der Waals surface area contributed by atoms with Crippen LogP contribution < -0.4 is 4.18 Å². The molecule has 24 heavy (non-hydrogen) atoms. The van der Waals surface area contributed by atoms with Gasteiger partial charge in [0.1, 0.15) is 5.75 Å². The van der Waals surface area contributed by atoms with Gasteiger partial charge in [0.15, 0.2) is 5.75 Å². The summed E-state index contributed by atoms with van der Waals surface area (Å²) >= 11 is 6.21. The molecular weight excluding hydrogens is 348 g/mol. The summed E-state index contributed by atoms with van der Waals surface area (Å²) in [6.45, 7) is 0.604. The standard InChI is InChI=1S/C18H19ClO4S/c19-17-12-15(14-6-2-1-3-7-14)9-10-18(17)23-24(20,21)13-16-8-4-5-11-22-16/h1-3,6-7,9-10,12,16H,4-5,8,11,13H2. The van der Waals surface area contributed by atoms with Crippen LogP contribution in [-0.2, 0) is 14.9 Å². The van der Waals surface area contributed by atoms with Crippen LogP contribution in [0.25, 0.3) is 11.1 Å². The lowest BCUT2D eigenvalue weighted by molar-refractivity contribution is 0.0298. The molecule has 3 rings (SSSR count). The molecule has 1 aliphatic rings. The van der Waals surface area contributed by atoms with Gasteiger partial charge in [0.05, 0.1) is 11.1 Å². The van der Waals surface area contributed by atoms with Gasteiger partial charge in [0.2, 0.25) is 0 Å². The highest BCUT2D eigenvalue weighted by molar-refractivity contribution is 7.87. The quantitative estimate of drug-likeness (QED) is 0.741. The average molecular weight is 367 g/mol. The monoisotopic (exact) mass is 366 g/mol. The van der Waals surface area contributed by atoms with Crippen LogP contribution in [-0.4, -0.2) is 26.9 Å². The van der Waals surface area contributed by atoms with Gasteiger partial charge in [-0.15, -0.1) is 0 Å². The van der Waals surface area contributed by atoms with Crippen LogP contribution in [0, 0.1) is 0 Å². The molecular formula is C18H19ClO4S. The van der Waals surface area contributed by atoms with Gasteiger partial charge in [-0.3, -0.25) is 0 Å². The molecule has 128 valence electrons. The molecule has 0 radical (unpaired) electrons.